The lowest BCUT2D eigenvalue weighted by Crippen LogP contribution is -2.54. The van der Waals surface area contributed by atoms with Crippen molar-refractivity contribution in [3.8, 4) is 0 Å². The predicted octanol–water partition coefficient (Wildman–Crippen LogP) is 1.67. The molecule has 140 valence electrons. The zero-order chi connectivity index (χ0) is 18.0. The van der Waals surface area contributed by atoms with E-state index in [1.165, 1.54) is 4.88 Å². The summed E-state index contributed by atoms with van der Waals surface area (Å²) in [6.07, 6.45) is 9.38. The van der Waals surface area contributed by atoms with Crippen LogP contribution in [0.3, 0.4) is 0 Å². The smallest absolute Gasteiger partial charge is 0.241 e. The first-order valence-electron chi connectivity index (χ1n) is 9.12. The highest BCUT2D eigenvalue weighted by Gasteiger charge is 2.51. The van der Waals surface area contributed by atoms with Crippen molar-refractivity contribution in [1.29, 1.82) is 0 Å². The van der Waals surface area contributed by atoms with Crippen LogP contribution < -0.4 is 5.32 Å². The second kappa shape index (κ2) is 7.46. The lowest BCUT2D eigenvalue weighted by Gasteiger charge is -2.44. The molecule has 3 heterocycles. The van der Waals surface area contributed by atoms with Crippen LogP contribution in [0.4, 0.5) is 0 Å². The Morgan fingerprint density at radius 3 is 3.15 bits per heavy atom. The molecule has 2 aromatic rings. The number of aromatic nitrogens is 3. The van der Waals surface area contributed by atoms with Crippen LogP contribution in [0.15, 0.2) is 30.2 Å². The fourth-order valence-corrected chi connectivity index (χ4v) is 5.06. The number of carbonyl (C=O) groups is 1. The third kappa shape index (κ3) is 3.54. The SMILES string of the molecule is CO[C@@]12CC[C@@H](NC(=O)Cn3cccn3)C[C@@H]1N(Cc1cncs1)CC2. The Morgan fingerprint density at radius 1 is 1.50 bits per heavy atom. The van der Waals surface area contributed by atoms with E-state index in [1.54, 1.807) is 22.2 Å². The summed E-state index contributed by atoms with van der Waals surface area (Å²) in [6.45, 7) is 2.22. The summed E-state index contributed by atoms with van der Waals surface area (Å²) in [6, 6.07) is 2.35. The molecule has 7 nitrogen and oxygen atoms in total. The van der Waals surface area contributed by atoms with Gasteiger partial charge < -0.3 is 10.1 Å². The van der Waals surface area contributed by atoms with Crippen LogP contribution in [0.1, 0.15) is 30.6 Å². The topological polar surface area (TPSA) is 72.3 Å². The van der Waals surface area contributed by atoms with Gasteiger partial charge in [0, 0.05) is 55.8 Å². The van der Waals surface area contributed by atoms with Crippen LogP contribution in [-0.2, 0) is 22.6 Å². The Labute approximate surface area is 157 Å². The maximum Gasteiger partial charge on any atom is 0.241 e. The molecule has 0 bridgehead atoms. The van der Waals surface area contributed by atoms with Crippen LogP contribution in [0, 0.1) is 0 Å². The van der Waals surface area contributed by atoms with Gasteiger partial charge in [0.2, 0.25) is 5.91 Å². The van der Waals surface area contributed by atoms with Gasteiger partial charge in [-0.05, 0) is 31.7 Å². The number of fused-ring (bicyclic) bond motifs is 1. The van der Waals surface area contributed by atoms with E-state index in [0.717, 1.165) is 38.8 Å². The Kier molecular flexibility index (Phi) is 5.06. The lowest BCUT2D eigenvalue weighted by atomic mass is 9.78. The van der Waals surface area contributed by atoms with Crippen LogP contribution in [-0.4, -0.2) is 56.9 Å². The molecule has 1 saturated heterocycles. The average molecular weight is 375 g/mol. The Hall–Kier alpha value is -1.77. The molecule has 1 aliphatic carbocycles. The molecule has 4 rings (SSSR count). The minimum atomic E-state index is -0.0755. The quantitative estimate of drug-likeness (QED) is 0.831. The third-order valence-electron chi connectivity index (χ3n) is 5.77. The maximum atomic E-state index is 12.3. The number of hydrogen-bond donors (Lipinski definition) is 1. The summed E-state index contributed by atoms with van der Waals surface area (Å²) in [7, 11) is 1.83. The number of likely N-dealkylation sites (tertiary alicyclic amines) is 1. The number of hydrogen-bond acceptors (Lipinski definition) is 6. The number of thiazole rings is 1. The number of rotatable bonds is 6. The largest absolute Gasteiger partial charge is 0.377 e. The standard InChI is InChI=1S/C18H25N5O2S/c1-25-18-4-3-14(21-17(24)12-23-7-2-6-20-23)9-16(18)22(8-5-18)11-15-10-19-13-26-15/h2,6-7,10,13-14,16H,3-5,8-9,11-12H2,1H3,(H,21,24)/t14-,16+,18-/m1/s1. The first-order chi connectivity index (χ1) is 12.7. The van der Waals surface area contributed by atoms with Gasteiger partial charge >= 0.3 is 0 Å². The molecular weight excluding hydrogens is 350 g/mol. The van der Waals surface area contributed by atoms with Crippen molar-refractivity contribution < 1.29 is 9.53 Å². The summed E-state index contributed by atoms with van der Waals surface area (Å²) in [5, 5.41) is 7.30. The monoisotopic (exact) mass is 375 g/mol. The first kappa shape index (κ1) is 17.6. The Balaban J connectivity index is 1.40. The fourth-order valence-electron chi connectivity index (χ4n) is 4.44. The number of carbonyl (C=O) groups excluding carboxylic acids is 1. The summed E-state index contributed by atoms with van der Waals surface area (Å²) < 4.78 is 7.67. The first-order valence-corrected chi connectivity index (χ1v) is 10.00. The van der Waals surface area contributed by atoms with Gasteiger partial charge in [0.1, 0.15) is 6.54 Å². The number of amides is 1. The van der Waals surface area contributed by atoms with E-state index >= 15 is 0 Å². The molecular formula is C18H25N5O2S. The van der Waals surface area contributed by atoms with E-state index in [2.05, 4.69) is 20.3 Å². The highest BCUT2D eigenvalue weighted by atomic mass is 32.1. The van der Waals surface area contributed by atoms with E-state index in [-0.39, 0.29) is 24.1 Å². The number of nitrogens with zero attached hydrogens (tertiary/aromatic N) is 4. The van der Waals surface area contributed by atoms with Crippen molar-refractivity contribution in [2.45, 2.75) is 56.5 Å². The lowest BCUT2D eigenvalue weighted by molar-refractivity contribution is -0.124. The molecule has 0 aromatic carbocycles. The van der Waals surface area contributed by atoms with E-state index in [1.807, 2.05) is 31.1 Å². The minimum Gasteiger partial charge on any atom is -0.377 e. The maximum absolute atomic E-state index is 12.3. The van der Waals surface area contributed by atoms with E-state index in [0.29, 0.717) is 6.04 Å². The van der Waals surface area contributed by atoms with Crippen LogP contribution >= 0.6 is 11.3 Å². The van der Waals surface area contributed by atoms with Crippen molar-refractivity contribution >= 4 is 17.2 Å². The van der Waals surface area contributed by atoms with Crippen molar-refractivity contribution in [1.82, 2.24) is 25.0 Å². The molecule has 1 N–H and O–H groups in total. The van der Waals surface area contributed by atoms with Gasteiger partial charge in [-0.15, -0.1) is 11.3 Å². The summed E-state index contributed by atoms with van der Waals surface area (Å²) in [5.41, 5.74) is 1.81. The third-order valence-corrected chi connectivity index (χ3v) is 6.54. The van der Waals surface area contributed by atoms with E-state index in [9.17, 15) is 4.79 Å². The molecule has 3 atom stereocenters. The van der Waals surface area contributed by atoms with E-state index in [4.69, 9.17) is 4.74 Å². The molecule has 0 spiro atoms. The minimum absolute atomic E-state index is 0.0237. The molecule has 26 heavy (non-hydrogen) atoms. The second-order valence-corrected chi connectivity index (χ2v) is 8.19. The van der Waals surface area contributed by atoms with Crippen molar-refractivity contribution in [3.63, 3.8) is 0 Å². The molecule has 0 radical (unpaired) electrons. The molecule has 2 fully saturated rings. The zero-order valence-corrected chi connectivity index (χ0v) is 15.8. The highest BCUT2D eigenvalue weighted by Crippen LogP contribution is 2.43. The Bertz CT molecular complexity index is 720. The van der Waals surface area contributed by atoms with Crippen LogP contribution in [0.5, 0.6) is 0 Å². The van der Waals surface area contributed by atoms with Gasteiger partial charge in [-0.25, -0.2) is 0 Å². The van der Waals surface area contributed by atoms with Gasteiger partial charge in [0.05, 0.1) is 11.1 Å². The molecule has 1 amide bonds. The molecule has 0 unspecified atom stereocenters. The van der Waals surface area contributed by atoms with Gasteiger partial charge in [-0.1, -0.05) is 0 Å². The predicted molar refractivity (Wildman–Crippen MR) is 98.7 cm³/mol. The summed E-state index contributed by atoms with van der Waals surface area (Å²) in [4.78, 5) is 20.3. The molecule has 2 aromatic heterocycles. The van der Waals surface area contributed by atoms with Crippen molar-refractivity contribution in [3.05, 3.63) is 35.0 Å². The highest BCUT2D eigenvalue weighted by molar-refractivity contribution is 7.09. The summed E-state index contributed by atoms with van der Waals surface area (Å²) in [5.74, 6) is 0.0237. The zero-order valence-electron chi connectivity index (χ0n) is 15.0. The fraction of sp³-hybridized carbons (Fsp3) is 0.611. The van der Waals surface area contributed by atoms with Gasteiger partial charge in [0.15, 0.2) is 0 Å². The normalized spacial score (nSPS) is 28.8. The van der Waals surface area contributed by atoms with Crippen LogP contribution in [0.25, 0.3) is 0 Å². The molecule has 2 aliphatic rings. The molecule has 1 saturated carbocycles. The van der Waals surface area contributed by atoms with Gasteiger partial charge in [-0.3, -0.25) is 19.4 Å². The van der Waals surface area contributed by atoms with Crippen LogP contribution in [0.2, 0.25) is 0 Å². The van der Waals surface area contributed by atoms with Gasteiger partial charge in [-0.2, -0.15) is 5.10 Å². The second-order valence-electron chi connectivity index (χ2n) is 7.22. The number of methoxy groups -OCH3 is 1. The number of nitrogens with one attached hydrogen (secondary N) is 1. The molecule has 8 heteroatoms. The average Bonchev–Trinajstić information content (AvgIpc) is 3.38. The van der Waals surface area contributed by atoms with Gasteiger partial charge in [0.25, 0.3) is 0 Å². The Morgan fingerprint density at radius 2 is 2.42 bits per heavy atom. The van der Waals surface area contributed by atoms with Crippen molar-refractivity contribution in [2.24, 2.45) is 0 Å². The number of ether oxygens (including phenoxy) is 1. The summed E-state index contributed by atoms with van der Waals surface area (Å²) >= 11 is 1.70. The van der Waals surface area contributed by atoms with E-state index < -0.39 is 0 Å². The van der Waals surface area contributed by atoms with Crippen molar-refractivity contribution in [2.75, 3.05) is 13.7 Å². The molecule has 1 aliphatic heterocycles.